The van der Waals surface area contributed by atoms with E-state index < -0.39 is 0 Å². The Morgan fingerprint density at radius 3 is 2.54 bits per heavy atom. The van der Waals surface area contributed by atoms with Crippen LogP contribution in [0.4, 0.5) is 5.69 Å². The van der Waals surface area contributed by atoms with E-state index in [0.29, 0.717) is 23.0 Å². The van der Waals surface area contributed by atoms with Crippen molar-refractivity contribution in [2.75, 3.05) is 11.9 Å². The molecule has 2 aromatic carbocycles. The zero-order valence-electron chi connectivity index (χ0n) is 15.0. The third-order valence-electron chi connectivity index (χ3n) is 4.22. The maximum absolute atomic E-state index is 12.6. The summed E-state index contributed by atoms with van der Waals surface area (Å²) in [7, 11) is 1.60. The van der Waals surface area contributed by atoms with Crippen LogP contribution in [0.25, 0.3) is 10.8 Å². The summed E-state index contributed by atoms with van der Waals surface area (Å²) in [5.41, 5.74) is 2.23. The molecule has 0 aliphatic rings. The van der Waals surface area contributed by atoms with Crippen LogP contribution in [-0.4, -0.2) is 22.2 Å². The van der Waals surface area contributed by atoms with Crippen molar-refractivity contribution in [3.63, 3.8) is 0 Å². The van der Waals surface area contributed by atoms with Crippen molar-refractivity contribution < 1.29 is 4.79 Å². The molecular formula is C20H22N4O2. The van der Waals surface area contributed by atoms with Crippen LogP contribution < -0.4 is 16.2 Å². The van der Waals surface area contributed by atoms with E-state index in [2.05, 4.69) is 15.7 Å². The van der Waals surface area contributed by atoms with Crippen LogP contribution >= 0.6 is 0 Å². The van der Waals surface area contributed by atoms with E-state index in [1.807, 2.05) is 49.4 Å². The molecule has 6 nitrogen and oxygen atoms in total. The topological polar surface area (TPSA) is 76.0 Å². The first kappa shape index (κ1) is 17.8. The van der Waals surface area contributed by atoms with Crippen LogP contribution in [0, 0.1) is 0 Å². The molecule has 6 heteroatoms. The van der Waals surface area contributed by atoms with Gasteiger partial charge in [0.15, 0.2) is 0 Å². The molecule has 0 unspecified atom stereocenters. The number of rotatable bonds is 6. The zero-order valence-corrected chi connectivity index (χ0v) is 15.0. The second-order valence-electron chi connectivity index (χ2n) is 6.08. The Labute approximate surface area is 151 Å². The monoisotopic (exact) mass is 350 g/mol. The summed E-state index contributed by atoms with van der Waals surface area (Å²) in [5, 5.41) is 11.8. The number of amides is 1. The van der Waals surface area contributed by atoms with Gasteiger partial charge in [-0.3, -0.25) is 9.59 Å². The minimum Gasteiger partial charge on any atom is -0.325 e. The predicted octanol–water partition coefficient (Wildman–Crippen LogP) is 2.22. The van der Waals surface area contributed by atoms with E-state index in [9.17, 15) is 9.59 Å². The van der Waals surface area contributed by atoms with E-state index in [-0.39, 0.29) is 17.9 Å². The quantitative estimate of drug-likeness (QED) is 0.715. The highest BCUT2D eigenvalue weighted by molar-refractivity contribution is 5.95. The molecule has 2 N–H and O–H groups in total. The van der Waals surface area contributed by atoms with Crippen LogP contribution in [0.5, 0.6) is 0 Å². The van der Waals surface area contributed by atoms with Gasteiger partial charge >= 0.3 is 0 Å². The van der Waals surface area contributed by atoms with E-state index in [4.69, 9.17) is 0 Å². The second-order valence-corrected chi connectivity index (χ2v) is 6.08. The van der Waals surface area contributed by atoms with Crippen molar-refractivity contribution in [3.05, 3.63) is 70.1 Å². The van der Waals surface area contributed by atoms with Crippen LogP contribution in [-0.2, 0) is 24.8 Å². The molecule has 0 atom stereocenters. The molecule has 134 valence electrons. The van der Waals surface area contributed by atoms with Gasteiger partial charge in [-0.25, -0.2) is 4.68 Å². The Kier molecular flexibility index (Phi) is 5.43. The fourth-order valence-electron chi connectivity index (χ4n) is 2.91. The number of carbonyl (C=O) groups excluding carboxylic acids is 1. The molecule has 26 heavy (non-hydrogen) atoms. The Morgan fingerprint density at radius 2 is 1.77 bits per heavy atom. The largest absolute Gasteiger partial charge is 0.325 e. The van der Waals surface area contributed by atoms with Crippen molar-refractivity contribution in [2.45, 2.75) is 19.9 Å². The van der Waals surface area contributed by atoms with Crippen molar-refractivity contribution in [3.8, 4) is 0 Å². The number of carbonyl (C=O) groups is 1. The summed E-state index contributed by atoms with van der Waals surface area (Å²) in [4.78, 5) is 24.8. The lowest BCUT2D eigenvalue weighted by Crippen LogP contribution is -2.24. The van der Waals surface area contributed by atoms with Crippen molar-refractivity contribution in [1.29, 1.82) is 0 Å². The molecular weight excluding hydrogens is 328 g/mol. The highest BCUT2D eigenvalue weighted by Gasteiger charge is 2.13. The summed E-state index contributed by atoms with van der Waals surface area (Å²) in [6, 6.07) is 14.9. The van der Waals surface area contributed by atoms with Gasteiger partial charge in [0.2, 0.25) is 5.91 Å². The molecule has 0 aliphatic carbocycles. The maximum Gasteiger partial charge on any atom is 0.274 e. The second kappa shape index (κ2) is 7.93. The average Bonchev–Trinajstić information content (AvgIpc) is 2.65. The van der Waals surface area contributed by atoms with Crippen LogP contribution in [0.3, 0.4) is 0 Å². The normalized spacial score (nSPS) is 10.8. The molecule has 0 saturated heterocycles. The van der Waals surface area contributed by atoms with Crippen molar-refractivity contribution >= 4 is 22.4 Å². The first-order chi connectivity index (χ1) is 12.6. The number of fused-ring (bicyclic) bond motifs is 1. The smallest absolute Gasteiger partial charge is 0.274 e. The van der Waals surface area contributed by atoms with Crippen molar-refractivity contribution in [2.24, 2.45) is 7.05 Å². The number of para-hydroxylation sites is 1. The summed E-state index contributed by atoms with van der Waals surface area (Å²) in [5.74, 6) is -0.162. The minimum atomic E-state index is -0.166. The highest BCUT2D eigenvalue weighted by atomic mass is 16.1. The fourth-order valence-corrected chi connectivity index (χ4v) is 2.91. The summed E-state index contributed by atoms with van der Waals surface area (Å²) in [6.45, 7) is 3.59. The Morgan fingerprint density at radius 1 is 1.08 bits per heavy atom. The number of hydrogen-bond acceptors (Lipinski definition) is 4. The van der Waals surface area contributed by atoms with E-state index in [1.165, 1.54) is 4.68 Å². The summed E-state index contributed by atoms with van der Waals surface area (Å²) >= 11 is 0. The standard InChI is InChI=1S/C20H22N4O2/c1-3-21-13-14-8-4-7-11-17(14)22-19(25)12-18-15-9-5-6-10-16(15)20(26)24(2)23-18/h4-11,21H,3,12-13H2,1-2H3,(H,22,25). The number of anilines is 1. The average molecular weight is 350 g/mol. The van der Waals surface area contributed by atoms with Gasteiger partial charge in [-0.2, -0.15) is 5.10 Å². The van der Waals surface area contributed by atoms with E-state index in [0.717, 1.165) is 17.8 Å². The predicted molar refractivity (Wildman–Crippen MR) is 103 cm³/mol. The third kappa shape index (κ3) is 3.81. The van der Waals surface area contributed by atoms with Crippen LogP contribution in [0.15, 0.2) is 53.3 Å². The van der Waals surface area contributed by atoms with Gasteiger partial charge in [0, 0.05) is 24.7 Å². The van der Waals surface area contributed by atoms with Gasteiger partial charge in [-0.05, 0) is 24.2 Å². The number of nitrogens with zero attached hydrogens (tertiary/aromatic N) is 2. The maximum atomic E-state index is 12.6. The lowest BCUT2D eigenvalue weighted by molar-refractivity contribution is -0.115. The van der Waals surface area contributed by atoms with Gasteiger partial charge in [-0.15, -0.1) is 0 Å². The van der Waals surface area contributed by atoms with Gasteiger partial charge in [-0.1, -0.05) is 43.3 Å². The fraction of sp³-hybridized carbons (Fsp3) is 0.250. The van der Waals surface area contributed by atoms with Crippen LogP contribution in [0.1, 0.15) is 18.2 Å². The molecule has 0 spiro atoms. The molecule has 1 amide bonds. The van der Waals surface area contributed by atoms with Gasteiger partial charge in [0.05, 0.1) is 17.5 Å². The van der Waals surface area contributed by atoms with E-state index in [1.54, 1.807) is 13.1 Å². The molecule has 1 heterocycles. The number of hydrogen-bond donors (Lipinski definition) is 2. The molecule has 0 saturated carbocycles. The molecule has 0 fully saturated rings. The lowest BCUT2D eigenvalue weighted by atomic mass is 10.1. The number of aryl methyl sites for hydroxylation is 1. The SMILES string of the molecule is CCNCc1ccccc1NC(=O)Cc1nn(C)c(=O)c2ccccc12. The number of aromatic nitrogens is 2. The third-order valence-corrected chi connectivity index (χ3v) is 4.22. The molecule has 0 radical (unpaired) electrons. The first-order valence-corrected chi connectivity index (χ1v) is 8.63. The number of benzene rings is 2. The molecule has 3 aromatic rings. The molecule has 0 bridgehead atoms. The number of nitrogens with one attached hydrogen (secondary N) is 2. The Hall–Kier alpha value is -2.99. The molecule has 3 rings (SSSR count). The summed E-state index contributed by atoms with van der Waals surface area (Å²) < 4.78 is 1.28. The minimum absolute atomic E-state index is 0.101. The Balaban J connectivity index is 1.85. The van der Waals surface area contributed by atoms with Crippen molar-refractivity contribution in [1.82, 2.24) is 15.1 Å². The van der Waals surface area contributed by atoms with Gasteiger partial charge in [0.1, 0.15) is 0 Å². The van der Waals surface area contributed by atoms with Crippen LogP contribution in [0.2, 0.25) is 0 Å². The van der Waals surface area contributed by atoms with E-state index >= 15 is 0 Å². The molecule has 0 aliphatic heterocycles. The highest BCUT2D eigenvalue weighted by Crippen LogP contribution is 2.17. The zero-order chi connectivity index (χ0) is 18.5. The van der Waals surface area contributed by atoms with Gasteiger partial charge in [0.25, 0.3) is 5.56 Å². The summed E-state index contributed by atoms with van der Waals surface area (Å²) in [6.07, 6.45) is 0.101. The lowest BCUT2D eigenvalue weighted by Gasteiger charge is -2.12. The van der Waals surface area contributed by atoms with Gasteiger partial charge < -0.3 is 10.6 Å². The Bertz CT molecular complexity index is 995. The first-order valence-electron chi connectivity index (χ1n) is 8.63. The molecule has 1 aromatic heterocycles.